The molecule has 3 amide bonds. The van der Waals surface area contributed by atoms with Crippen LogP contribution in [0.15, 0.2) is 48.7 Å². The number of aromatic amines is 1. The maximum Gasteiger partial charge on any atom is 0.321 e. The number of rotatable bonds is 3. The number of likely N-dealkylation sites (tertiary alicyclic amines) is 2. The summed E-state index contributed by atoms with van der Waals surface area (Å²) in [6, 6.07) is 13.2. The van der Waals surface area contributed by atoms with Gasteiger partial charge < -0.3 is 20.1 Å². The van der Waals surface area contributed by atoms with Gasteiger partial charge >= 0.3 is 6.03 Å². The van der Waals surface area contributed by atoms with Crippen molar-refractivity contribution in [1.82, 2.24) is 24.8 Å². The molecule has 2 aliphatic rings. The lowest BCUT2D eigenvalue weighted by molar-refractivity contribution is -0.138. The van der Waals surface area contributed by atoms with Gasteiger partial charge in [-0.25, -0.2) is 14.8 Å². The number of pyridine rings is 1. The number of imidazole rings is 1. The monoisotopic (exact) mass is 432 g/mol. The van der Waals surface area contributed by atoms with E-state index in [0.29, 0.717) is 19.0 Å². The minimum atomic E-state index is -0.133. The van der Waals surface area contributed by atoms with E-state index >= 15 is 0 Å². The van der Waals surface area contributed by atoms with Crippen molar-refractivity contribution in [3.63, 3.8) is 0 Å². The molecule has 0 bridgehead atoms. The van der Waals surface area contributed by atoms with E-state index < -0.39 is 0 Å². The summed E-state index contributed by atoms with van der Waals surface area (Å²) in [5.74, 6) is 1.32. The molecule has 0 spiro atoms. The highest BCUT2D eigenvalue weighted by Gasteiger charge is 2.33. The van der Waals surface area contributed by atoms with Crippen LogP contribution in [0.25, 0.3) is 11.2 Å². The van der Waals surface area contributed by atoms with Crippen molar-refractivity contribution in [2.24, 2.45) is 5.92 Å². The van der Waals surface area contributed by atoms with Gasteiger partial charge in [0.05, 0.1) is 11.4 Å². The molecule has 0 saturated carbocycles. The van der Waals surface area contributed by atoms with Crippen molar-refractivity contribution in [3.05, 3.63) is 54.5 Å². The Morgan fingerprint density at radius 2 is 1.78 bits per heavy atom. The second kappa shape index (κ2) is 8.98. The molecule has 166 valence electrons. The SMILES string of the molecule is O=C(Nc1ccccc1)N1CCCC(C(=O)N2CCC(c3nc4ncccc4[nH]3)CC2)C1. The molecule has 2 saturated heterocycles. The van der Waals surface area contributed by atoms with Crippen molar-refractivity contribution in [1.29, 1.82) is 0 Å². The predicted octanol–water partition coefficient (Wildman–Crippen LogP) is 3.61. The molecule has 3 aromatic rings. The zero-order chi connectivity index (χ0) is 21.9. The first-order chi connectivity index (χ1) is 15.7. The number of H-pyrrole nitrogens is 1. The molecule has 2 aromatic heterocycles. The van der Waals surface area contributed by atoms with Gasteiger partial charge in [0.15, 0.2) is 5.65 Å². The van der Waals surface area contributed by atoms with Crippen LogP contribution in [0.5, 0.6) is 0 Å². The zero-order valence-electron chi connectivity index (χ0n) is 18.0. The summed E-state index contributed by atoms with van der Waals surface area (Å²) in [6.45, 7) is 2.61. The number of nitrogens with one attached hydrogen (secondary N) is 2. The van der Waals surface area contributed by atoms with Gasteiger partial charge in [0.2, 0.25) is 5.91 Å². The minimum Gasteiger partial charge on any atom is -0.342 e. The molecule has 5 rings (SSSR count). The van der Waals surface area contributed by atoms with Crippen molar-refractivity contribution < 1.29 is 9.59 Å². The van der Waals surface area contributed by atoms with Crippen LogP contribution >= 0.6 is 0 Å². The quantitative estimate of drug-likeness (QED) is 0.661. The maximum atomic E-state index is 13.2. The summed E-state index contributed by atoms with van der Waals surface area (Å²) in [4.78, 5) is 41.9. The summed E-state index contributed by atoms with van der Waals surface area (Å²) in [6.07, 6.45) is 5.21. The second-order valence-electron chi connectivity index (χ2n) is 8.68. The van der Waals surface area contributed by atoms with Gasteiger partial charge in [0, 0.05) is 44.0 Å². The van der Waals surface area contributed by atoms with E-state index in [-0.39, 0.29) is 17.9 Å². The lowest BCUT2D eigenvalue weighted by Crippen LogP contribution is -2.49. The number of para-hydroxylation sites is 1. The Kier molecular flexibility index (Phi) is 5.75. The minimum absolute atomic E-state index is 0.128. The first-order valence-electron chi connectivity index (χ1n) is 11.4. The number of urea groups is 1. The van der Waals surface area contributed by atoms with Crippen LogP contribution in [0.2, 0.25) is 0 Å². The molecule has 4 heterocycles. The van der Waals surface area contributed by atoms with Crippen LogP contribution < -0.4 is 5.32 Å². The van der Waals surface area contributed by atoms with Crippen molar-refractivity contribution in [3.8, 4) is 0 Å². The highest BCUT2D eigenvalue weighted by Crippen LogP contribution is 2.29. The summed E-state index contributed by atoms with van der Waals surface area (Å²) in [5, 5.41) is 2.93. The number of hydrogen-bond donors (Lipinski definition) is 2. The summed E-state index contributed by atoms with van der Waals surface area (Å²) < 4.78 is 0. The lowest BCUT2D eigenvalue weighted by atomic mass is 9.92. The fraction of sp³-hybridized carbons (Fsp3) is 0.417. The maximum absolute atomic E-state index is 13.2. The number of anilines is 1. The van der Waals surface area contributed by atoms with E-state index in [0.717, 1.165) is 61.4 Å². The molecule has 1 aromatic carbocycles. The second-order valence-corrected chi connectivity index (χ2v) is 8.68. The van der Waals surface area contributed by atoms with Crippen molar-refractivity contribution in [2.45, 2.75) is 31.6 Å². The van der Waals surface area contributed by atoms with Gasteiger partial charge in [-0.1, -0.05) is 18.2 Å². The van der Waals surface area contributed by atoms with Crippen LogP contribution in [-0.4, -0.2) is 62.9 Å². The highest BCUT2D eigenvalue weighted by atomic mass is 16.2. The summed E-state index contributed by atoms with van der Waals surface area (Å²) in [7, 11) is 0. The lowest BCUT2D eigenvalue weighted by Gasteiger charge is -2.37. The third kappa shape index (κ3) is 4.30. The Labute approximate surface area is 187 Å². The van der Waals surface area contributed by atoms with Crippen LogP contribution in [0.4, 0.5) is 10.5 Å². The third-order valence-electron chi connectivity index (χ3n) is 6.55. The topological polar surface area (TPSA) is 94.2 Å². The fourth-order valence-corrected chi connectivity index (χ4v) is 4.78. The number of aromatic nitrogens is 3. The molecule has 8 nitrogen and oxygen atoms in total. The van der Waals surface area contributed by atoms with Gasteiger partial charge in [-0.15, -0.1) is 0 Å². The van der Waals surface area contributed by atoms with Crippen LogP contribution in [0.1, 0.15) is 37.4 Å². The van der Waals surface area contributed by atoms with Gasteiger partial charge in [-0.3, -0.25) is 4.79 Å². The number of carbonyl (C=O) groups is 2. The van der Waals surface area contributed by atoms with E-state index in [9.17, 15) is 9.59 Å². The third-order valence-corrected chi connectivity index (χ3v) is 6.55. The van der Waals surface area contributed by atoms with Gasteiger partial charge in [0.1, 0.15) is 5.82 Å². The highest BCUT2D eigenvalue weighted by molar-refractivity contribution is 5.90. The molecule has 2 N–H and O–H groups in total. The molecule has 0 aliphatic carbocycles. The molecule has 1 unspecified atom stereocenters. The van der Waals surface area contributed by atoms with E-state index in [1.807, 2.05) is 47.4 Å². The van der Waals surface area contributed by atoms with E-state index in [1.165, 1.54) is 0 Å². The van der Waals surface area contributed by atoms with Gasteiger partial charge in [-0.05, 0) is 49.9 Å². The Morgan fingerprint density at radius 3 is 2.56 bits per heavy atom. The Bertz CT molecular complexity index is 1060. The molecular formula is C24H28N6O2. The number of hydrogen-bond acceptors (Lipinski definition) is 4. The van der Waals surface area contributed by atoms with E-state index in [1.54, 1.807) is 11.1 Å². The van der Waals surface area contributed by atoms with Crippen LogP contribution in [0.3, 0.4) is 0 Å². The Balaban J connectivity index is 1.16. The van der Waals surface area contributed by atoms with Gasteiger partial charge in [-0.2, -0.15) is 0 Å². The molecule has 2 fully saturated rings. The average Bonchev–Trinajstić information content (AvgIpc) is 3.29. The van der Waals surface area contributed by atoms with Crippen LogP contribution in [0, 0.1) is 5.92 Å². The largest absolute Gasteiger partial charge is 0.342 e. The van der Waals surface area contributed by atoms with E-state index in [2.05, 4.69) is 20.3 Å². The normalized spacial score (nSPS) is 19.8. The molecule has 2 aliphatic heterocycles. The number of carbonyl (C=O) groups excluding carboxylic acids is 2. The molecule has 32 heavy (non-hydrogen) atoms. The number of piperidine rings is 2. The molecule has 1 atom stereocenters. The van der Waals surface area contributed by atoms with Crippen molar-refractivity contribution >= 4 is 28.8 Å². The molecular weight excluding hydrogens is 404 g/mol. The summed E-state index contributed by atoms with van der Waals surface area (Å²) in [5.41, 5.74) is 2.47. The number of amides is 3. The standard InChI is InChI=1S/C24H28N6O2/c31-23(18-6-5-13-30(16-18)24(32)26-19-7-2-1-3-8-19)29-14-10-17(11-15-29)21-27-20-9-4-12-25-22(20)28-21/h1-4,7-9,12,17-18H,5-6,10-11,13-16H2,(H,26,32)(H,25,27,28). The first kappa shape index (κ1) is 20.5. The van der Waals surface area contributed by atoms with Crippen molar-refractivity contribution in [2.75, 3.05) is 31.5 Å². The predicted molar refractivity (Wildman–Crippen MR) is 122 cm³/mol. The number of nitrogens with zero attached hydrogens (tertiary/aromatic N) is 4. The van der Waals surface area contributed by atoms with Gasteiger partial charge in [0.25, 0.3) is 0 Å². The first-order valence-corrected chi connectivity index (χ1v) is 11.4. The molecule has 0 radical (unpaired) electrons. The Morgan fingerprint density at radius 1 is 0.969 bits per heavy atom. The van der Waals surface area contributed by atoms with E-state index in [4.69, 9.17) is 0 Å². The summed E-state index contributed by atoms with van der Waals surface area (Å²) >= 11 is 0. The van der Waals surface area contributed by atoms with Crippen LogP contribution in [-0.2, 0) is 4.79 Å². The fourth-order valence-electron chi connectivity index (χ4n) is 4.78. The number of fused-ring (bicyclic) bond motifs is 1. The molecule has 8 heteroatoms. The Hall–Kier alpha value is -3.42. The average molecular weight is 433 g/mol. The zero-order valence-corrected chi connectivity index (χ0v) is 18.0. The number of benzene rings is 1. The smallest absolute Gasteiger partial charge is 0.321 e.